The molecular formula is C59H52N6. The molecule has 0 heterocycles. The number of allylic oxidation sites excluding steroid dienone is 1. The molecule has 65 heavy (non-hydrogen) atoms. The van der Waals surface area contributed by atoms with Gasteiger partial charge in [0.15, 0.2) is 11.7 Å². The van der Waals surface area contributed by atoms with Crippen molar-refractivity contribution in [1.82, 2.24) is 0 Å². The van der Waals surface area contributed by atoms with E-state index in [-0.39, 0.29) is 0 Å². The molecule has 8 rings (SSSR count). The van der Waals surface area contributed by atoms with Crippen molar-refractivity contribution in [3.05, 3.63) is 265 Å². The molecule has 6 heteroatoms. The van der Waals surface area contributed by atoms with Gasteiger partial charge in [-0.05, 0) is 121 Å². The van der Waals surface area contributed by atoms with Crippen molar-refractivity contribution in [3.8, 4) is 0 Å². The Balaban J connectivity index is 1.14. The SMILES string of the molecule is CC/C=C(\C=C/CN(c1ccccc1)c1ccccc1)C(=N/C(=N\C)c1ccc(N(c2ccccc2)c2ccccc2)cc1)/N=C/c1ccc(N(c2ccccc2)c2ccccc2)cc1. The Bertz CT molecular complexity index is 2720. The Morgan fingerprint density at radius 3 is 1.20 bits per heavy atom. The van der Waals surface area contributed by atoms with E-state index in [1.165, 1.54) is 0 Å². The van der Waals surface area contributed by atoms with E-state index in [9.17, 15) is 0 Å². The summed E-state index contributed by atoms with van der Waals surface area (Å²) in [6.07, 6.45) is 9.18. The largest absolute Gasteiger partial charge is 0.338 e. The van der Waals surface area contributed by atoms with E-state index in [1.54, 1.807) is 7.05 Å². The minimum absolute atomic E-state index is 0.563. The standard InChI is InChI=1S/C59H52N6/c1-3-23-48(24-22-45-63(50-25-10-4-11-26-50)51-27-12-5-13-28-51)59(61-46-47-37-41-56(42-38-47)64(52-29-14-6-15-30-52)53-31-16-7-17-32-53)62-58(60-2)49-39-43-57(44-40-49)65(54-33-18-8-19-34-54)55-35-20-9-21-36-55/h4-44,46H,3,45H2,1-2H3/b24-22-,48-23+,60-58-,61-46+,62-59-. The Kier molecular flexibility index (Phi) is 14.7. The lowest BCUT2D eigenvalue weighted by atomic mass is 10.1. The lowest BCUT2D eigenvalue weighted by Crippen LogP contribution is -2.16. The number of hydrogen-bond donors (Lipinski definition) is 0. The lowest BCUT2D eigenvalue weighted by molar-refractivity contribution is 1.09. The minimum Gasteiger partial charge on any atom is -0.338 e. The van der Waals surface area contributed by atoms with E-state index < -0.39 is 0 Å². The first-order valence-electron chi connectivity index (χ1n) is 22.0. The first kappa shape index (κ1) is 43.3. The van der Waals surface area contributed by atoms with Crippen molar-refractivity contribution in [3.63, 3.8) is 0 Å². The van der Waals surface area contributed by atoms with Crippen molar-refractivity contribution in [2.24, 2.45) is 15.0 Å². The summed E-state index contributed by atoms with van der Waals surface area (Å²) in [7, 11) is 1.79. The topological polar surface area (TPSA) is 46.8 Å². The fourth-order valence-corrected chi connectivity index (χ4v) is 7.63. The summed E-state index contributed by atoms with van der Waals surface area (Å²) in [6.45, 7) is 2.78. The van der Waals surface area contributed by atoms with Crippen molar-refractivity contribution >= 4 is 63.4 Å². The molecule has 8 aromatic rings. The van der Waals surface area contributed by atoms with Crippen LogP contribution >= 0.6 is 0 Å². The van der Waals surface area contributed by atoms with Gasteiger partial charge in [0.25, 0.3) is 0 Å². The van der Waals surface area contributed by atoms with Crippen molar-refractivity contribution in [2.45, 2.75) is 13.3 Å². The van der Waals surface area contributed by atoms with E-state index in [0.717, 1.165) is 68.6 Å². The van der Waals surface area contributed by atoms with Crippen LogP contribution in [0.25, 0.3) is 0 Å². The van der Waals surface area contributed by atoms with E-state index >= 15 is 0 Å². The number of hydrogen-bond acceptors (Lipinski definition) is 4. The molecule has 0 amide bonds. The van der Waals surface area contributed by atoms with Gasteiger partial charge in [-0.2, -0.15) is 0 Å². The summed E-state index contributed by atoms with van der Waals surface area (Å²) in [4.78, 5) is 21.9. The fourth-order valence-electron chi connectivity index (χ4n) is 7.63. The third-order valence-corrected chi connectivity index (χ3v) is 10.8. The Morgan fingerprint density at radius 1 is 0.446 bits per heavy atom. The average molecular weight is 845 g/mol. The van der Waals surface area contributed by atoms with E-state index in [2.05, 4.69) is 234 Å². The highest BCUT2D eigenvalue weighted by molar-refractivity contribution is 6.15. The molecule has 0 aliphatic rings. The highest BCUT2D eigenvalue weighted by atomic mass is 15.1. The van der Waals surface area contributed by atoms with E-state index in [0.29, 0.717) is 18.2 Å². The van der Waals surface area contributed by atoms with E-state index in [4.69, 9.17) is 15.0 Å². The highest BCUT2D eigenvalue weighted by Gasteiger charge is 2.15. The van der Waals surface area contributed by atoms with Crippen LogP contribution in [0.5, 0.6) is 0 Å². The van der Waals surface area contributed by atoms with Gasteiger partial charge >= 0.3 is 0 Å². The van der Waals surface area contributed by atoms with Crippen LogP contribution in [0.15, 0.2) is 269 Å². The molecule has 318 valence electrons. The zero-order chi connectivity index (χ0) is 44.5. The summed E-state index contributed by atoms with van der Waals surface area (Å²) in [6, 6.07) is 79.5. The molecule has 8 aromatic carbocycles. The molecule has 0 aromatic heterocycles. The van der Waals surface area contributed by atoms with Crippen LogP contribution in [-0.4, -0.2) is 31.5 Å². The summed E-state index contributed by atoms with van der Waals surface area (Å²) in [5.74, 6) is 1.14. The van der Waals surface area contributed by atoms with Crippen LogP contribution in [0.2, 0.25) is 0 Å². The maximum Gasteiger partial charge on any atom is 0.161 e. The second-order valence-corrected chi connectivity index (χ2v) is 15.1. The second-order valence-electron chi connectivity index (χ2n) is 15.1. The summed E-state index contributed by atoms with van der Waals surface area (Å²) < 4.78 is 0. The Labute approximate surface area is 383 Å². The maximum absolute atomic E-state index is 5.24. The summed E-state index contributed by atoms with van der Waals surface area (Å²) in [5, 5.41) is 0. The monoisotopic (exact) mass is 844 g/mol. The molecule has 0 spiro atoms. The molecule has 0 fully saturated rings. The van der Waals surface area contributed by atoms with Crippen LogP contribution in [0.1, 0.15) is 24.5 Å². The highest BCUT2D eigenvalue weighted by Crippen LogP contribution is 2.36. The predicted molar refractivity (Wildman–Crippen MR) is 277 cm³/mol. The second kappa shape index (κ2) is 22.1. The molecule has 0 unspecified atom stereocenters. The molecule has 0 radical (unpaired) electrons. The molecule has 0 saturated heterocycles. The average Bonchev–Trinajstić information content (AvgIpc) is 3.38. The third-order valence-electron chi connectivity index (χ3n) is 10.8. The van der Waals surface area contributed by atoms with Crippen molar-refractivity contribution < 1.29 is 0 Å². The summed E-state index contributed by atoms with van der Waals surface area (Å²) >= 11 is 0. The predicted octanol–water partition coefficient (Wildman–Crippen LogP) is 15.3. The van der Waals surface area contributed by atoms with Gasteiger partial charge in [0.05, 0.1) is 0 Å². The van der Waals surface area contributed by atoms with Gasteiger partial charge in [0.1, 0.15) is 0 Å². The quantitative estimate of drug-likeness (QED) is 0.0587. The number of amidine groups is 2. The number of nitrogens with zero attached hydrogens (tertiary/aromatic N) is 6. The van der Waals surface area contributed by atoms with Gasteiger partial charge in [-0.25, -0.2) is 9.98 Å². The number of benzene rings is 8. The van der Waals surface area contributed by atoms with Crippen molar-refractivity contribution in [2.75, 3.05) is 28.3 Å². The fraction of sp³-hybridized carbons (Fsp3) is 0.0678. The van der Waals surface area contributed by atoms with Gasteiger partial charge in [-0.1, -0.05) is 146 Å². The molecule has 6 nitrogen and oxygen atoms in total. The smallest absolute Gasteiger partial charge is 0.161 e. The normalized spacial score (nSPS) is 12.1. The van der Waals surface area contributed by atoms with Crippen LogP contribution < -0.4 is 14.7 Å². The number of aliphatic imine (C=N–C) groups is 3. The number of para-hydroxylation sites is 6. The maximum atomic E-state index is 5.24. The van der Waals surface area contributed by atoms with E-state index in [1.807, 2.05) is 42.6 Å². The zero-order valence-corrected chi connectivity index (χ0v) is 36.8. The van der Waals surface area contributed by atoms with Gasteiger partial charge in [0, 0.05) is 76.4 Å². The van der Waals surface area contributed by atoms with Crippen molar-refractivity contribution in [1.29, 1.82) is 0 Å². The third kappa shape index (κ3) is 11.2. The van der Waals surface area contributed by atoms with Gasteiger partial charge in [0.2, 0.25) is 0 Å². The lowest BCUT2D eigenvalue weighted by Gasteiger charge is -2.25. The van der Waals surface area contributed by atoms with Crippen LogP contribution in [-0.2, 0) is 0 Å². The first-order valence-corrected chi connectivity index (χ1v) is 22.0. The zero-order valence-electron chi connectivity index (χ0n) is 36.8. The molecule has 0 bridgehead atoms. The van der Waals surface area contributed by atoms with Crippen LogP contribution in [0.3, 0.4) is 0 Å². The van der Waals surface area contributed by atoms with Crippen LogP contribution in [0.4, 0.5) is 45.5 Å². The number of rotatable bonds is 15. The van der Waals surface area contributed by atoms with Gasteiger partial charge < -0.3 is 14.7 Å². The number of anilines is 8. The molecule has 0 N–H and O–H groups in total. The molecule has 0 saturated carbocycles. The first-order chi connectivity index (χ1) is 32.2. The molecule has 0 atom stereocenters. The van der Waals surface area contributed by atoms with Crippen LogP contribution in [0, 0.1) is 0 Å². The molecule has 0 aliphatic heterocycles. The Morgan fingerprint density at radius 2 is 0.815 bits per heavy atom. The Hall–Kier alpha value is -8.35. The summed E-state index contributed by atoms with van der Waals surface area (Å²) in [5.41, 5.74) is 11.3. The van der Waals surface area contributed by atoms with Gasteiger partial charge in [-0.15, -0.1) is 0 Å². The molecular weight excluding hydrogens is 793 g/mol. The molecule has 0 aliphatic carbocycles. The minimum atomic E-state index is 0.563. The van der Waals surface area contributed by atoms with Gasteiger partial charge in [-0.3, -0.25) is 4.99 Å².